The first-order valence-electron chi connectivity index (χ1n) is 6.43. The van der Waals surface area contributed by atoms with E-state index in [1.54, 1.807) is 12.1 Å². The standard InChI is InChI=1S/C13H14BrFN4O/c14-9-1-2-10(11(15)7-9)13-17-12(18-20-13)8-19-5-3-16-4-6-19/h1-2,7,16H,3-6,8H2. The molecule has 2 heterocycles. The molecule has 1 saturated heterocycles. The summed E-state index contributed by atoms with van der Waals surface area (Å²) in [6.45, 7) is 4.47. The summed E-state index contributed by atoms with van der Waals surface area (Å²) >= 11 is 3.22. The molecule has 5 nitrogen and oxygen atoms in total. The second-order valence-corrected chi connectivity index (χ2v) is 5.58. The lowest BCUT2D eigenvalue weighted by atomic mass is 10.2. The molecule has 0 amide bonds. The van der Waals surface area contributed by atoms with Crippen molar-refractivity contribution < 1.29 is 8.91 Å². The van der Waals surface area contributed by atoms with Crippen LogP contribution in [-0.2, 0) is 6.54 Å². The molecule has 1 aliphatic heterocycles. The van der Waals surface area contributed by atoms with Crippen molar-refractivity contribution in [1.82, 2.24) is 20.4 Å². The molecular weight excluding hydrogens is 327 g/mol. The van der Waals surface area contributed by atoms with Gasteiger partial charge in [0.2, 0.25) is 0 Å². The summed E-state index contributed by atoms with van der Waals surface area (Å²) in [6.07, 6.45) is 0. The predicted octanol–water partition coefficient (Wildman–Crippen LogP) is 2.04. The highest BCUT2D eigenvalue weighted by atomic mass is 79.9. The monoisotopic (exact) mass is 340 g/mol. The lowest BCUT2D eigenvalue weighted by Crippen LogP contribution is -2.43. The molecule has 0 spiro atoms. The van der Waals surface area contributed by atoms with Crippen LogP contribution in [0.5, 0.6) is 0 Å². The van der Waals surface area contributed by atoms with Crippen LogP contribution in [0.25, 0.3) is 11.5 Å². The van der Waals surface area contributed by atoms with Gasteiger partial charge >= 0.3 is 0 Å². The van der Waals surface area contributed by atoms with Crippen LogP contribution in [0, 0.1) is 5.82 Å². The van der Waals surface area contributed by atoms with Crippen LogP contribution in [-0.4, -0.2) is 41.2 Å². The third-order valence-electron chi connectivity index (χ3n) is 3.20. The predicted molar refractivity (Wildman–Crippen MR) is 75.5 cm³/mol. The average molecular weight is 341 g/mol. The molecule has 0 radical (unpaired) electrons. The third-order valence-corrected chi connectivity index (χ3v) is 3.70. The molecule has 1 N–H and O–H groups in total. The van der Waals surface area contributed by atoms with Crippen molar-refractivity contribution in [2.24, 2.45) is 0 Å². The molecule has 1 fully saturated rings. The van der Waals surface area contributed by atoms with Gasteiger partial charge in [-0.05, 0) is 18.2 Å². The quantitative estimate of drug-likeness (QED) is 0.926. The normalized spacial score (nSPS) is 16.5. The molecule has 0 atom stereocenters. The molecule has 0 bridgehead atoms. The number of halogens is 2. The molecule has 1 aliphatic rings. The Morgan fingerprint density at radius 3 is 2.90 bits per heavy atom. The smallest absolute Gasteiger partial charge is 0.260 e. The fourth-order valence-corrected chi connectivity index (χ4v) is 2.49. The Labute approximate surface area is 124 Å². The first-order valence-corrected chi connectivity index (χ1v) is 7.23. The number of aromatic nitrogens is 2. The summed E-state index contributed by atoms with van der Waals surface area (Å²) in [6, 6.07) is 4.76. The maximum absolute atomic E-state index is 13.8. The lowest BCUT2D eigenvalue weighted by molar-refractivity contribution is 0.225. The zero-order valence-electron chi connectivity index (χ0n) is 10.8. The molecule has 2 aromatic rings. The largest absolute Gasteiger partial charge is 0.334 e. The second kappa shape index (κ2) is 5.99. The average Bonchev–Trinajstić information content (AvgIpc) is 2.88. The Hall–Kier alpha value is -1.31. The van der Waals surface area contributed by atoms with E-state index in [0.29, 0.717) is 22.4 Å². The summed E-state index contributed by atoms with van der Waals surface area (Å²) < 4.78 is 19.7. The van der Waals surface area contributed by atoms with Crippen molar-refractivity contribution in [2.75, 3.05) is 26.2 Å². The van der Waals surface area contributed by atoms with E-state index in [4.69, 9.17) is 4.52 Å². The van der Waals surface area contributed by atoms with E-state index >= 15 is 0 Å². The highest BCUT2D eigenvalue weighted by Crippen LogP contribution is 2.24. The fourth-order valence-electron chi connectivity index (χ4n) is 2.16. The summed E-state index contributed by atoms with van der Waals surface area (Å²) in [7, 11) is 0. The Kier molecular flexibility index (Phi) is 4.09. The van der Waals surface area contributed by atoms with Crippen LogP contribution in [0.4, 0.5) is 4.39 Å². The van der Waals surface area contributed by atoms with Gasteiger partial charge in [-0.1, -0.05) is 21.1 Å². The van der Waals surface area contributed by atoms with E-state index in [0.717, 1.165) is 26.2 Å². The third kappa shape index (κ3) is 3.05. The Balaban J connectivity index is 1.75. The van der Waals surface area contributed by atoms with Gasteiger partial charge in [-0.15, -0.1) is 0 Å². The fraction of sp³-hybridized carbons (Fsp3) is 0.385. The van der Waals surface area contributed by atoms with Crippen LogP contribution in [0.15, 0.2) is 27.2 Å². The minimum Gasteiger partial charge on any atom is -0.334 e. The molecule has 0 saturated carbocycles. The number of rotatable bonds is 3. The van der Waals surface area contributed by atoms with Gasteiger partial charge in [-0.2, -0.15) is 4.98 Å². The number of nitrogens with zero attached hydrogens (tertiary/aromatic N) is 3. The van der Waals surface area contributed by atoms with E-state index in [-0.39, 0.29) is 11.7 Å². The van der Waals surface area contributed by atoms with E-state index in [9.17, 15) is 4.39 Å². The van der Waals surface area contributed by atoms with Crippen molar-refractivity contribution in [3.63, 3.8) is 0 Å². The van der Waals surface area contributed by atoms with Gasteiger partial charge in [-0.3, -0.25) is 4.90 Å². The highest BCUT2D eigenvalue weighted by Gasteiger charge is 2.16. The van der Waals surface area contributed by atoms with E-state index in [1.165, 1.54) is 6.07 Å². The highest BCUT2D eigenvalue weighted by molar-refractivity contribution is 9.10. The molecule has 0 unspecified atom stereocenters. The van der Waals surface area contributed by atoms with Gasteiger partial charge in [0.25, 0.3) is 5.89 Å². The first kappa shape index (κ1) is 13.7. The first-order chi connectivity index (χ1) is 9.72. The van der Waals surface area contributed by atoms with Crippen LogP contribution in [0.3, 0.4) is 0 Å². The minimum atomic E-state index is -0.378. The van der Waals surface area contributed by atoms with Crippen molar-refractivity contribution in [2.45, 2.75) is 6.54 Å². The van der Waals surface area contributed by atoms with Crippen molar-refractivity contribution in [3.8, 4) is 11.5 Å². The zero-order chi connectivity index (χ0) is 13.9. The van der Waals surface area contributed by atoms with Crippen molar-refractivity contribution >= 4 is 15.9 Å². The molecule has 0 aliphatic carbocycles. The van der Waals surface area contributed by atoms with E-state index < -0.39 is 0 Å². The number of nitrogens with one attached hydrogen (secondary N) is 1. The van der Waals surface area contributed by atoms with Crippen LogP contribution >= 0.6 is 15.9 Å². The summed E-state index contributed by atoms with van der Waals surface area (Å²) in [4.78, 5) is 6.51. The lowest BCUT2D eigenvalue weighted by Gasteiger charge is -2.25. The van der Waals surface area contributed by atoms with E-state index in [1.807, 2.05) is 0 Å². The SMILES string of the molecule is Fc1cc(Br)ccc1-c1nc(CN2CCNCC2)no1. The molecular formula is C13H14BrFN4O. The number of hydrogen-bond donors (Lipinski definition) is 1. The molecule has 3 rings (SSSR count). The van der Waals surface area contributed by atoms with Crippen molar-refractivity contribution in [3.05, 3.63) is 34.3 Å². The van der Waals surface area contributed by atoms with Gasteiger partial charge in [0.15, 0.2) is 5.82 Å². The van der Waals surface area contributed by atoms with Crippen LogP contribution in [0.1, 0.15) is 5.82 Å². The molecule has 7 heteroatoms. The number of piperazine rings is 1. The Morgan fingerprint density at radius 2 is 2.15 bits per heavy atom. The van der Waals surface area contributed by atoms with Gasteiger partial charge in [0.05, 0.1) is 12.1 Å². The summed E-state index contributed by atoms with van der Waals surface area (Å²) in [5.74, 6) is 0.432. The Bertz CT molecular complexity index is 598. The summed E-state index contributed by atoms with van der Waals surface area (Å²) in [5, 5.41) is 7.21. The number of benzene rings is 1. The minimum absolute atomic E-state index is 0.222. The Morgan fingerprint density at radius 1 is 1.35 bits per heavy atom. The van der Waals surface area contributed by atoms with Gasteiger partial charge < -0.3 is 9.84 Å². The zero-order valence-corrected chi connectivity index (χ0v) is 12.4. The van der Waals surface area contributed by atoms with Gasteiger partial charge in [-0.25, -0.2) is 4.39 Å². The molecule has 1 aromatic carbocycles. The van der Waals surface area contributed by atoms with Gasteiger partial charge in [0, 0.05) is 30.7 Å². The maximum atomic E-state index is 13.8. The summed E-state index contributed by atoms with van der Waals surface area (Å²) in [5.41, 5.74) is 0.326. The molecule has 106 valence electrons. The molecule has 20 heavy (non-hydrogen) atoms. The number of hydrogen-bond acceptors (Lipinski definition) is 5. The maximum Gasteiger partial charge on any atom is 0.260 e. The topological polar surface area (TPSA) is 54.2 Å². The van der Waals surface area contributed by atoms with Crippen LogP contribution in [0.2, 0.25) is 0 Å². The van der Waals surface area contributed by atoms with Gasteiger partial charge in [0.1, 0.15) is 5.82 Å². The van der Waals surface area contributed by atoms with Crippen LogP contribution < -0.4 is 5.32 Å². The van der Waals surface area contributed by atoms with E-state index in [2.05, 4.69) is 36.3 Å². The van der Waals surface area contributed by atoms with Crippen molar-refractivity contribution in [1.29, 1.82) is 0 Å². The second-order valence-electron chi connectivity index (χ2n) is 4.67. The molecule has 1 aromatic heterocycles.